The monoisotopic (exact) mass is 563 g/mol. The van der Waals surface area contributed by atoms with Gasteiger partial charge in [-0.15, -0.1) is 0 Å². The number of para-hydroxylation sites is 1. The average molecular weight is 564 g/mol. The van der Waals surface area contributed by atoms with Crippen LogP contribution in [-0.4, -0.2) is 45.6 Å². The highest BCUT2D eigenvalue weighted by Gasteiger charge is 2.13. The lowest BCUT2D eigenvalue weighted by atomic mass is 10.1. The summed E-state index contributed by atoms with van der Waals surface area (Å²) in [6.07, 6.45) is 3.05. The topological polar surface area (TPSA) is 97.9 Å². The van der Waals surface area contributed by atoms with Gasteiger partial charge in [0, 0.05) is 37.3 Å². The number of pyridine rings is 1. The Morgan fingerprint density at radius 2 is 1.55 bits per heavy atom. The molecule has 0 spiro atoms. The Morgan fingerprint density at radius 3 is 2.24 bits per heavy atom. The third kappa shape index (κ3) is 8.28. The van der Waals surface area contributed by atoms with Crippen molar-refractivity contribution in [1.82, 2.24) is 14.9 Å². The maximum Gasteiger partial charge on any atom is 0.317 e. The fourth-order valence-corrected chi connectivity index (χ4v) is 4.50. The minimum absolute atomic E-state index is 0.0512. The summed E-state index contributed by atoms with van der Waals surface area (Å²) in [4.78, 5) is 22.5. The van der Waals surface area contributed by atoms with E-state index in [0.717, 1.165) is 39.6 Å². The van der Waals surface area contributed by atoms with Crippen LogP contribution >= 0.6 is 0 Å². The normalized spacial score (nSPS) is 11.0. The van der Waals surface area contributed by atoms with Crippen molar-refractivity contribution in [3.8, 4) is 28.8 Å². The quantitative estimate of drug-likeness (QED) is 0.162. The molecule has 5 rings (SSSR count). The van der Waals surface area contributed by atoms with Crippen molar-refractivity contribution < 1.29 is 23.8 Å². The molecule has 5 aromatic rings. The molecule has 2 heterocycles. The van der Waals surface area contributed by atoms with Gasteiger partial charge in [0.1, 0.15) is 17.3 Å². The molecule has 0 unspecified atom stereocenters. The summed E-state index contributed by atoms with van der Waals surface area (Å²) in [5.74, 6) is 2.56. The van der Waals surface area contributed by atoms with Gasteiger partial charge >= 0.3 is 5.97 Å². The van der Waals surface area contributed by atoms with Crippen molar-refractivity contribution in [3.63, 3.8) is 0 Å². The molecular weight excluding hydrogens is 530 g/mol. The van der Waals surface area contributed by atoms with Crippen molar-refractivity contribution in [1.29, 1.82) is 0 Å². The molecular formula is C34H33N3O5. The summed E-state index contributed by atoms with van der Waals surface area (Å²) in [6, 6.07) is 30.9. The molecule has 0 saturated carbocycles. The lowest BCUT2D eigenvalue weighted by molar-refractivity contribution is -0.138. The van der Waals surface area contributed by atoms with Crippen molar-refractivity contribution in [3.05, 3.63) is 126 Å². The van der Waals surface area contributed by atoms with Gasteiger partial charge in [0.25, 0.3) is 0 Å². The summed E-state index contributed by atoms with van der Waals surface area (Å²) in [6.45, 7) is 3.37. The first-order chi connectivity index (χ1) is 20.5. The Labute approximate surface area is 245 Å². The Hall–Kier alpha value is -4.95. The molecule has 214 valence electrons. The minimum Gasteiger partial charge on any atom is -0.480 e. The van der Waals surface area contributed by atoms with E-state index in [0.29, 0.717) is 44.3 Å². The average Bonchev–Trinajstić information content (AvgIpc) is 3.38. The van der Waals surface area contributed by atoms with Gasteiger partial charge < -0.3 is 19.0 Å². The van der Waals surface area contributed by atoms with Gasteiger partial charge in [-0.3, -0.25) is 9.69 Å². The van der Waals surface area contributed by atoms with Crippen molar-refractivity contribution in [2.45, 2.75) is 26.3 Å². The number of nitrogens with zero attached hydrogens (tertiary/aromatic N) is 3. The predicted octanol–water partition coefficient (Wildman–Crippen LogP) is 6.59. The van der Waals surface area contributed by atoms with Crippen LogP contribution in [0.3, 0.4) is 0 Å². The molecule has 8 heteroatoms. The summed E-state index contributed by atoms with van der Waals surface area (Å²) >= 11 is 0. The van der Waals surface area contributed by atoms with E-state index in [4.69, 9.17) is 13.9 Å². The lowest BCUT2D eigenvalue weighted by Crippen LogP contribution is -2.31. The first-order valence-electron chi connectivity index (χ1n) is 13.9. The molecule has 42 heavy (non-hydrogen) atoms. The maximum atomic E-state index is 11.5. The Balaban J connectivity index is 1.10. The third-order valence-electron chi connectivity index (χ3n) is 6.68. The van der Waals surface area contributed by atoms with Crippen LogP contribution in [0.4, 0.5) is 0 Å². The molecule has 8 nitrogen and oxygen atoms in total. The van der Waals surface area contributed by atoms with Crippen LogP contribution < -0.4 is 9.47 Å². The number of hydrogen-bond acceptors (Lipinski definition) is 7. The van der Waals surface area contributed by atoms with Gasteiger partial charge in [0.15, 0.2) is 0 Å². The largest absolute Gasteiger partial charge is 0.480 e. The number of carboxylic acid groups (broad SMARTS) is 1. The summed E-state index contributed by atoms with van der Waals surface area (Å²) in [7, 11) is 0. The highest BCUT2D eigenvalue weighted by molar-refractivity contribution is 5.69. The number of aromatic nitrogens is 2. The molecule has 0 fully saturated rings. The van der Waals surface area contributed by atoms with E-state index < -0.39 is 5.97 Å². The summed E-state index contributed by atoms with van der Waals surface area (Å²) in [5, 5.41) is 9.44. The van der Waals surface area contributed by atoms with Crippen LogP contribution in [0.25, 0.3) is 11.5 Å². The molecule has 2 aromatic heterocycles. The SMILES string of the molecule is Cc1oc(-c2ccccc2)nc1CCOc1ccc(CCN(CC(=O)O)Cc2ccc(Oc3ccccc3)cc2)cn1. The fraction of sp³-hybridized carbons (Fsp3) is 0.206. The number of oxazole rings is 1. The van der Waals surface area contributed by atoms with Gasteiger partial charge in [0.2, 0.25) is 11.8 Å². The molecule has 0 aliphatic heterocycles. The minimum atomic E-state index is -0.862. The Bertz CT molecular complexity index is 1550. The van der Waals surface area contributed by atoms with Gasteiger partial charge in [-0.2, -0.15) is 0 Å². The number of ether oxygens (including phenoxy) is 2. The zero-order valence-electron chi connectivity index (χ0n) is 23.5. The summed E-state index contributed by atoms with van der Waals surface area (Å²) in [5.41, 5.74) is 3.82. The van der Waals surface area contributed by atoms with Crippen molar-refractivity contribution in [2.75, 3.05) is 19.7 Å². The first kappa shape index (κ1) is 28.6. The van der Waals surface area contributed by atoms with E-state index in [1.807, 2.05) is 109 Å². The van der Waals surface area contributed by atoms with Crippen LogP contribution in [0.15, 0.2) is 108 Å². The van der Waals surface area contributed by atoms with E-state index in [1.54, 1.807) is 6.20 Å². The first-order valence-corrected chi connectivity index (χ1v) is 13.9. The molecule has 3 aromatic carbocycles. The molecule has 0 bridgehead atoms. The molecule has 0 aliphatic rings. The van der Waals surface area contributed by atoms with E-state index in [9.17, 15) is 9.90 Å². The Morgan fingerprint density at radius 1 is 0.857 bits per heavy atom. The van der Waals surface area contributed by atoms with Crippen molar-refractivity contribution >= 4 is 5.97 Å². The van der Waals surface area contributed by atoms with Crippen LogP contribution in [0, 0.1) is 6.92 Å². The second kappa shape index (κ2) is 14.1. The van der Waals surface area contributed by atoms with E-state index in [1.165, 1.54) is 0 Å². The number of carbonyl (C=O) groups is 1. The van der Waals surface area contributed by atoms with Gasteiger partial charge in [0.05, 0.1) is 18.8 Å². The number of aryl methyl sites for hydroxylation is 1. The smallest absolute Gasteiger partial charge is 0.317 e. The molecule has 1 N–H and O–H groups in total. The second-order valence-electron chi connectivity index (χ2n) is 9.90. The van der Waals surface area contributed by atoms with Gasteiger partial charge in [-0.25, -0.2) is 9.97 Å². The standard InChI is InChI=1S/C34H33N3O5/c1-25-31(36-34(41-25)28-8-4-2-5-9-28)19-21-40-32-17-14-26(22-35-32)18-20-37(24-33(38)39)23-27-12-15-30(16-13-27)42-29-10-6-3-7-11-29/h2-17,22H,18-21,23-24H2,1H3,(H,38,39). The van der Waals surface area contributed by atoms with Gasteiger partial charge in [-0.1, -0.05) is 54.6 Å². The highest BCUT2D eigenvalue weighted by Crippen LogP contribution is 2.23. The summed E-state index contributed by atoms with van der Waals surface area (Å²) < 4.78 is 17.5. The zero-order chi connectivity index (χ0) is 29.1. The predicted molar refractivity (Wildman–Crippen MR) is 160 cm³/mol. The van der Waals surface area contributed by atoms with Crippen LogP contribution in [0.1, 0.15) is 22.6 Å². The van der Waals surface area contributed by atoms with Gasteiger partial charge in [-0.05, 0) is 60.9 Å². The van der Waals surface area contributed by atoms with E-state index >= 15 is 0 Å². The fourth-order valence-electron chi connectivity index (χ4n) is 4.50. The Kier molecular flexibility index (Phi) is 9.59. The number of carboxylic acids is 1. The molecule has 0 saturated heterocycles. The van der Waals surface area contributed by atoms with Crippen LogP contribution in [0.5, 0.6) is 17.4 Å². The molecule has 0 aliphatic carbocycles. The lowest BCUT2D eigenvalue weighted by Gasteiger charge is -2.20. The van der Waals surface area contributed by atoms with E-state index in [-0.39, 0.29) is 6.54 Å². The molecule has 0 atom stereocenters. The van der Waals surface area contributed by atoms with E-state index in [2.05, 4.69) is 9.97 Å². The number of aliphatic carboxylic acids is 1. The second-order valence-corrected chi connectivity index (χ2v) is 9.90. The van der Waals surface area contributed by atoms with Crippen molar-refractivity contribution in [2.24, 2.45) is 0 Å². The molecule has 0 radical (unpaired) electrons. The zero-order valence-corrected chi connectivity index (χ0v) is 23.5. The highest BCUT2D eigenvalue weighted by atomic mass is 16.5. The number of benzene rings is 3. The number of hydrogen-bond donors (Lipinski definition) is 1. The van der Waals surface area contributed by atoms with Crippen LogP contribution in [0.2, 0.25) is 0 Å². The third-order valence-corrected chi connectivity index (χ3v) is 6.68. The molecule has 0 amide bonds. The number of rotatable bonds is 14. The van der Waals surface area contributed by atoms with Crippen LogP contribution in [-0.2, 0) is 24.2 Å². The maximum absolute atomic E-state index is 11.5.